The van der Waals surface area contributed by atoms with Crippen molar-refractivity contribution in [3.8, 4) is 5.75 Å². The molecule has 0 saturated heterocycles. The van der Waals surface area contributed by atoms with E-state index in [9.17, 15) is 14.7 Å². The van der Waals surface area contributed by atoms with Crippen molar-refractivity contribution in [3.05, 3.63) is 46.4 Å². The number of nitrogens with one attached hydrogen (secondary N) is 1. The zero-order chi connectivity index (χ0) is 24.2. The lowest BCUT2D eigenvalue weighted by molar-refractivity contribution is -0.137. The molecular weight excluding hydrogens is 420 g/mol. The van der Waals surface area contributed by atoms with Gasteiger partial charge in [0, 0.05) is 23.6 Å². The number of azide groups is 1. The number of amides is 1. The van der Waals surface area contributed by atoms with Gasteiger partial charge in [0.2, 0.25) is 0 Å². The molecule has 3 N–H and O–H groups in total. The number of hydrogen-bond donors (Lipinski definition) is 3. The lowest BCUT2D eigenvalue weighted by Gasteiger charge is -2.07. The van der Waals surface area contributed by atoms with Gasteiger partial charge in [0.25, 0.3) is 5.91 Å². The summed E-state index contributed by atoms with van der Waals surface area (Å²) in [4.78, 5) is 25.2. The van der Waals surface area contributed by atoms with Crippen molar-refractivity contribution < 1.29 is 19.8 Å². The number of hydrogen-bond acceptors (Lipinski definition) is 4. The first-order valence-electron chi connectivity index (χ1n) is 12.1. The minimum absolute atomic E-state index is 0.177. The molecule has 0 aromatic heterocycles. The number of carboxylic acids is 1. The molecular formula is C25H38N4O4. The molecule has 0 aliphatic rings. The molecule has 0 unspecified atom stereocenters. The molecule has 1 aromatic carbocycles. The normalized spacial score (nSPS) is 10.8. The number of nitrogens with zero attached hydrogens (tertiary/aromatic N) is 3. The summed E-state index contributed by atoms with van der Waals surface area (Å²) in [6.07, 6.45) is 19.1. The van der Waals surface area contributed by atoms with Crippen LogP contribution < -0.4 is 5.32 Å². The number of aromatic hydroxyl groups is 1. The third kappa shape index (κ3) is 14.6. The van der Waals surface area contributed by atoms with Gasteiger partial charge in [0.15, 0.2) is 0 Å². The highest BCUT2D eigenvalue weighted by molar-refractivity contribution is 5.97. The van der Waals surface area contributed by atoms with Crippen LogP contribution >= 0.6 is 0 Å². The van der Waals surface area contributed by atoms with Crippen molar-refractivity contribution in [2.45, 2.75) is 89.9 Å². The fraction of sp³-hybridized carbons (Fsp3) is 0.600. The Kier molecular flexibility index (Phi) is 15.8. The number of phenolic OH excluding ortho intramolecular Hbond substituents is 1. The van der Waals surface area contributed by atoms with Crippen molar-refractivity contribution in [1.29, 1.82) is 0 Å². The maximum atomic E-state index is 12.1. The van der Waals surface area contributed by atoms with Crippen molar-refractivity contribution in [2.75, 3.05) is 6.54 Å². The Bertz CT molecular complexity index is 789. The van der Waals surface area contributed by atoms with Gasteiger partial charge in [-0.15, -0.1) is 0 Å². The summed E-state index contributed by atoms with van der Waals surface area (Å²) in [6, 6.07) is 4.22. The number of aliphatic carboxylic acids is 1. The number of carbonyl (C=O) groups is 2. The molecule has 0 bridgehead atoms. The molecule has 0 fully saturated rings. The predicted octanol–water partition coefficient (Wildman–Crippen LogP) is 7.17. The van der Waals surface area contributed by atoms with Crippen LogP contribution in [0.4, 0.5) is 5.69 Å². The third-order valence-corrected chi connectivity index (χ3v) is 5.40. The van der Waals surface area contributed by atoms with Crippen molar-refractivity contribution in [3.63, 3.8) is 0 Å². The molecule has 0 radical (unpaired) electrons. The van der Waals surface area contributed by atoms with Gasteiger partial charge in [-0.3, -0.25) is 9.59 Å². The lowest BCUT2D eigenvalue weighted by Crippen LogP contribution is -2.24. The summed E-state index contributed by atoms with van der Waals surface area (Å²) in [5, 5.41) is 24.7. The number of carboxylic acid groups (broad SMARTS) is 1. The molecule has 8 heteroatoms. The zero-order valence-corrected chi connectivity index (χ0v) is 19.5. The van der Waals surface area contributed by atoms with Crippen LogP contribution in [0, 0.1) is 0 Å². The molecule has 0 atom stereocenters. The Hall–Kier alpha value is -2.99. The minimum Gasteiger partial charge on any atom is -0.507 e. The molecule has 33 heavy (non-hydrogen) atoms. The summed E-state index contributed by atoms with van der Waals surface area (Å²) in [7, 11) is 0. The molecule has 1 amide bonds. The fourth-order valence-electron chi connectivity index (χ4n) is 3.52. The Morgan fingerprint density at radius 1 is 0.909 bits per heavy atom. The predicted molar refractivity (Wildman–Crippen MR) is 131 cm³/mol. The minimum atomic E-state index is -0.697. The van der Waals surface area contributed by atoms with Crippen LogP contribution in [0.25, 0.3) is 10.4 Å². The molecule has 0 spiro atoms. The molecule has 1 aromatic rings. The first-order valence-corrected chi connectivity index (χ1v) is 12.1. The Labute approximate surface area is 196 Å². The topological polar surface area (TPSA) is 135 Å². The smallest absolute Gasteiger partial charge is 0.303 e. The van der Waals surface area contributed by atoms with Gasteiger partial charge in [0.1, 0.15) is 5.75 Å². The quantitative estimate of drug-likeness (QED) is 0.0665. The van der Waals surface area contributed by atoms with Crippen LogP contribution in [0.3, 0.4) is 0 Å². The van der Waals surface area contributed by atoms with Gasteiger partial charge < -0.3 is 15.5 Å². The Morgan fingerprint density at radius 2 is 1.48 bits per heavy atom. The van der Waals surface area contributed by atoms with E-state index >= 15 is 0 Å². The zero-order valence-electron chi connectivity index (χ0n) is 19.5. The van der Waals surface area contributed by atoms with Gasteiger partial charge in [0.05, 0.1) is 5.56 Å². The highest BCUT2D eigenvalue weighted by Crippen LogP contribution is 2.24. The number of benzene rings is 1. The van der Waals surface area contributed by atoms with E-state index in [0.717, 1.165) is 51.4 Å². The fourth-order valence-corrected chi connectivity index (χ4v) is 3.52. The van der Waals surface area contributed by atoms with E-state index in [1.54, 1.807) is 0 Å². The van der Waals surface area contributed by atoms with E-state index in [1.807, 2.05) is 0 Å². The van der Waals surface area contributed by atoms with Crippen LogP contribution in [0.2, 0.25) is 0 Å². The van der Waals surface area contributed by atoms with Gasteiger partial charge in [-0.1, -0.05) is 68.3 Å². The maximum absolute atomic E-state index is 12.1. The lowest BCUT2D eigenvalue weighted by atomic mass is 10.1. The standard InChI is InChI=1S/C25H38N4O4/c26-29-28-21-17-18-22(23(30)20-21)25(33)27-19-15-13-11-9-7-5-3-1-2-4-6-8-10-12-14-16-24(31)32/h1-2,17-18,20,30H,3-16,19H2,(H,27,33)(H,31,32)/b2-1-. The average Bonchev–Trinajstić information content (AvgIpc) is 2.78. The van der Waals surface area contributed by atoms with Crippen LogP contribution in [-0.4, -0.2) is 28.6 Å². The number of allylic oxidation sites excluding steroid dienone is 2. The SMILES string of the molecule is [N-]=[N+]=Nc1ccc(C(=O)NCCCCCCCC/C=C\CCCCCCCC(=O)O)c(O)c1. The molecule has 0 heterocycles. The molecule has 0 saturated carbocycles. The van der Waals surface area contributed by atoms with E-state index in [2.05, 4.69) is 27.5 Å². The van der Waals surface area contributed by atoms with Crippen LogP contribution in [0.1, 0.15) is 100 Å². The summed E-state index contributed by atoms with van der Waals surface area (Å²) in [5.41, 5.74) is 8.84. The number of carbonyl (C=O) groups excluding carboxylic acids is 1. The van der Waals surface area contributed by atoms with Gasteiger partial charge in [-0.05, 0) is 56.2 Å². The summed E-state index contributed by atoms with van der Waals surface area (Å²) < 4.78 is 0. The third-order valence-electron chi connectivity index (χ3n) is 5.40. The molecule has 0 aliphatic heterocycles. The second kappa shape index (κ2) is 18.6. The molecule has 0 aliphatic carbocycles. The van der Waals surface area contributed by atoms with Crippen molar-refractivity contribution in [1.82, 2.24) is 5.32 Å². The van der Waals surface area contributed by atoms with Gasteiger partial charge in [-0.2, -0.15) is 0 Å². The highest BCUT2D eigenvalue weighted by Gasteiger charge is 2.10. The maximum Gasteiger partial charge on any atom is 0.303 e. The molecule has 182 valence electrons. The summed E-state index contributed by atoms with van der Waals surface area (Å²) >= 11 is 0. The molecule has 1 rings (SSSR count). The molecule has 8 nitrogen and oxygen atoms in total. The van der Waals surface area contributed by atoms with Gasteiger partial charge in [-0.25, -0.2) is 0 Å². The van der Waals surface area contributed by atoms with Crippen molar-refractivity contribution in [2.24, 2.45) is 5.11 Å². The van der Waals surface area contributed by atoms with Gasteiger partial charge >= 0.3 is 5.97 Å². The number of unbranched alkanes of at least 4 members (excludes halogenated alkanes) is 11. The van der Waals surface area contributed by atoms with E-state index in [4.69, 9.17) is 10.6 Å². The monoisotopic (exact) mass is 458 g/mol. The van der Waals surface area contributed by atoms with Crippen LogP contribution in [-0.2, 0) is 4.79 Å². The Morgan fingerprint density at radius 3 is 2.06 bits per heavy atom. The summed E-state index contributed by atoms with van der Waals surface area (Å²) in [6.45, 7) is 0.568. The van der Waals surface area contributed by atoms with E-state index in [-0.39, 0.29) is 22.9 Å². The van der Waals surface area contributed by atoms with E-state index in [1.165, 1.54) is 50.3 Å². The first kappa shape index (κ1) is 28.0. The van der Waals surface area contributed by atoms with Crippen molar-refractivity contribution >= 4 is 17.6 Å². The van der Waals surface area contributed by atoms with E-state index < -0.39 is 5.97 Å². The van der Waals surface area contributed by atoms with Crippen LogP contribution in [0.15, 0.2) is 35.5 Å². The highest BCUT2D eigenvalue weighted by atomic mass is 16.4. The number of phenols is 1. The largest absolute Gasteiger partial charge is 0.507 e. The summed E-state index contributed by atoms with van der Waals surface area (Å²) in [5.74, 6) is -1.22. The van der Waals surface area contributed by atoms with E-state index in [0.29, 0.717) is 13.0 Å². The Balaban J connectivity index is 1.93. The second-order valence-electron chi connectivity index (χ2n) is 8.23. The second-order valence-corrected chi connectivity index (χ2v) is 8.23. The van der Waals surface area contributed by atoms with Crippen LogP contribution in [0.5, 0.6) is 5.75 Å². The average molecular weight is 459 g/mol. The number of rotatable bonds is 19. The first-order chi connectivity index (χ1) is 16.0.